The number of halogens is 1. The lowest BCUT2D eigenvalue weighted by molar-refractivity contribution is -0.140. The van der Waals surface area contributed by atoms with Crippen LogP contribution in [0, 0.1) is 5.41 Å². The Balaban J connectivity index is 1.61. The van der Waals surface area contributed by atoms with E-state index in [2.05, 4.69) is 19.2 Å². The Kier molecular flexibility index (Phi) is 6.61. The van der Waals surface area contributed by atoms with Crippen molar-refractivity contribution in [2.75, 3.05) is 13.2 Å². The summed E-state index contributed by atoms with van der Waals surface area (Å²) in [6, 6.07) is 16.7. The molecule has 6 heteroatoms. The number of rotatable bonds is 6. The van der Waals surface area contributed by atoms with Gasteiger partial charge < -0.3 is 14.8 Å². The van der Waals surface area contributed by atoms with Crippen LogP contribution in [0.25, 0.3) is 0 Å². The molecule has 0 aromatic heterocycles. The summed E-state index contributed by atoms with van der Waals surface area (Å²) in [6.07, 6.45) is 1.14. The summed E-state index contributed by atoms with van der Waals surface area (Å²) in [7, 11) is 0. The molecular formula is C27H28ClNO4. The molecule has 172 valence electrons. The molecule has 1 N–H and O–H groups in total. The van der Waals surface area contributed by atoms with Crippen molar-refractivity contribution in [1.29, 1.82) is 0 Å². The average molecular weight is 466 g/mol. The van der Waals surface area contributed by atoms with Gasteiger partial charge in [-0.2, -0.15) is 0 Å². The van der Waals surface area contributed by atoms with Crippen molar-refractivity contribution in [3.8, 4) is 5.75 Å². The van der Waals surface area contributed by atoms with Crippen molar-refractivity contribution in [2.45, 2.75) is 39.5 Å². The van der Waals surface area contributed by atoms with E-state index in [9.17, 15) is 9.59 Å². The van der Waals surface area contributed by atoms with Crippen molar-refractivity contribution < 1.29 is 19.1 Å². The van der Waals surface area contributed by atoms with Crippen LogP contribution in [0.5, 0.6) is 5.75 Å². The van der Waals surface area contributed by atoms with E-state index in [0.717, 1.165) is 17.7 Å². The number of carbonyl (C=O) groups is 2. The minimum atomic E-state index is -0.568. The number of carbonyl (C=O) groups excluding carboxylic acids is 2. The Hall–Kier alpha value is -3.05. The van der Waals surface area contributed by atoms with Gasteiger partial charge >= 0.3 is 5.97 Å². The smallest absolute Gasteiger partial charge is 0.336 e. The highest BCUT2D eigenvalue weighted by molar-refractivity contribution is 6.31. The second kappa shape index (κ2) is 9.44. The topological polar surface area (TPSA) is 64.6 Å². The lowest BCUT2D eigenvalue weighted by Gasteiger charge is -2.39. The van der Waals surface area contributed by atoms with Crippen LogP contribution in [0.3, 0.4) is 0 Å². The SMILES string of the molecule is CC1=C(C(=O)OCCOc2ccccc2)C(c2ccccc2Cl)C2=C(CC(C)(C)CC2=O)N1. The Morgan fingerprint density at radius 3 is 2.48 bits per heavy atom. The summed E-state index contributed by atoms with van der Waals surface area (Å²) in [6.45, 7) is 6.32. The van der Waals surface area contributed by atoms with Crippen molar-refractivity contribution in [3.05, 3.63) is 87.7 Å². The fraction of sp³-hybridized carbons (Fsp3) is 0.333. The lowest BCUT2D eigenvalue weighted by atomic mass is 9.68. The molecule has 2 aromatic rings. The first-order valence-electron chi connectivity index (χ1n) is 11.1. The van der Waals surface area contributed by atoms with Gasteiger partial charge in [0.05, 0.1) is 5.57 Å². The predicted octanol–water partition coefficient (Wildman–Crippen LogP) is 5.57. The van der Waals surface area contributed by atoms with Gasteiger partial charge in [-0.15, -0.1) is 0 Å². The van der Waals surface area contributed by atoms with E-state index in [1.807, 2.05) is 55.5 Å². The molecule has 1 aliphatic carbocycles. The van der Waals surface area contributed by atoms with Crippen molar-refractivity contribution >= 4 is 23.4 Å². The van der Waals surface area contributed by atoms with Crippen molar-refractivity contribution in [3.63, 3.8) is 0 Å². The highest BCUT2D eigenvalue weighted by atomic mass is 35.5. The third-order valence-electron chi connectivity index (χ3n) is 6.00. The highest BCUT2D eigenvalue weighted by Gasteiger charge is 2.43. The fourth-order valence-corrected chi connectivity index (χ4v) is 4.86. The van der Waals surface area contributed by atoms with Gasteiger partial charge in [-0.25, -0.2) is 4.79 Å². The number of hydrogen-bond donors (Lipinski definition) is 1. The molecule has 2 aromatic carbocycles. The second-order valence-corrected chi connectivity index (χ2v) is 9.66. The third-order valence-corrected chi connectivity index (χ3v) is 6.35. The van der Waals surface area contributed by atoms with Gasteiger partial charge in [0.1, 0.15) is 19.0 Å². The van der Waals surface area contributed by atoms with Crippen LogP contribution in [0.4, 0.5) is 0 Å². The van der Waals surface area contributed by atoms with E-state index in [-0.39, 0.29) is 24.4 Å². The number of para-hydroxylation sites is 1. The number of esters is 1. The lowest BCUT2D eigenvalue weighted by Crippen LogP contribution is -2.38. The number of dihydropyridines is 1. The molecule has 1 heterocycles. The summed E-state index contributed by atoms with van der Waals surface area (Å²) >= 11 is 6.56. The molecule has 0 saturated heterocycles. The van der Waals surface area contributed by atoms with Gasteiger partial charge in [-0.05, 0) is 42.5 Å². The minimum Gasteiger partial charge on any atom is -0.490 e. The normalized spacial score (nSPS) is 19.6. The first kappa shape index (κ1) is 23.1. The van der Waals surface area contributed by atoms with E-state index in [1.54, 1.807) is 6.07 Å². The quantitative estimate of drug-likeness (QED) is 0.446. The van der Waals surface area contributed by atoms with Crippen molar-refractivity contribution in [2.24, 2.45) is 5.41 Å². The summed E-state index contributed by atoms with van der Waals surface area (Å²) in [5, 5.41) is 3.85. The van der Waals surface area contributed by atoms with Crippen LogP contribution in [0.1, 0.15) is 45.1 Å². The molecule has 4 rings (SSSR count). The van der Waals surface area contributed by atoms with Gasteiger partial charge in [0, 0.05) is 34.3 Å². The number of ketones is 1. The molecule has 0 amide bonds. The first-order chi connectivity index (χ1) is 15.8. The molecule has 5 nitrogen and oxygen atoms in total. The van der Waals surface area contributed by atoms with E-state index >= 15 is 0 Å². The van der Waals surface area contributed by atoms with E-state index in [4.69, 9.17) is 21.1 Å². The molecule has 1 aliphatic heterocycles. The van der Waals surface area contributed by atoms with Gasteiger partial charge in [-0.1, -0.05) is 61.8 Å². The van der Waals surface area contributed by atoms with Gasteiger partial charge in [0.25, 0.3) is 0 Å². The Morgan fingerprint density at radius 2 is 1.76 bits per heavy atom. The van der Waals surface area contributed by atoms with Crippen LogP contribution in [0.15, 0.2) is 77.1 Å². The van der Waals surface area contributed by atoms with Gasteiger partial charge in [-0.3, -0.25) is 4.79 Å². The van der Waals surface area contributed by atoms with Crippen LogP contribution in [-0.4, -0.2) is 25.0 Å². The molecule has 0 bridgehead atoms. The molecule has 33 heavy (non-hydrogen) atoms. The molecule has 0 radical (unpaired) electrons. The summed E-state index contributed by atoms with van der Waals surface area (Å²) in [5.41, 5.74) is 3.14. The number of hydrogen-bond acceptors (Lipinski definition) is 5. The second-order valence-electron chi connectivity index (χ2n) is 9.25. The molecule has 0 fully saturated rings. The number of allylic oxidation sites excluding steroid dienone is 3. The summed E-state index contributed by atoms with van der Waals surface area (Å²) < 4.78 is 11.2. The number of Topliss-reactive ketones (excluding diaryl/α,β-unsaturated/α-hetero) is 1. The largest absolute Gasteiger partial charge is 0.490 e. The minimum absolute atomic E-state index is 0.0314. The number of benzene rings is 2. The van der Waals surface area contributed by atoms with E-state index < -0.39 is 11.9 Å². The Labute approximate surface area is 199 Å². The van der Waals surface area contributed by atoms with Crippen LogP contribution in [-0.2, 0) is 14.3 Å². The van der Waals surface area contributed by atoms with E-state index in [1.165, 1.54) is 0 Å². The summed E-state index contributed by atoms with van der Waals surface area (Å²) in [4.78, 5) is 26.6. The zero-order valence-corrected chi connectivity index (χ0v) is 19.9. The molecule has 2 aliphatic rings. The zero-order valence-electron chi connectivity index (χ0n) is 19.1. The summed E-state index contributed by atoms with van der Waals surface area (Å²) in [5.74, 6) is -0.307. The van der Waals surface area contributed by atoms with Crippen molar-refractivity contribution in [1.82, 2.24) is 5.32 Å². The van der Waals surface area contributed by atoms with Gasteiger partial charge in [0.2, 0.25) is 0 Å². The maximum atomic E-state index is 13.3. The molecule has 1 unspecified atom stereocenters. The van der Waals surface area contributed by atoms with Crippen LogP contribution < -0.4 is 10.1 Å². The standard InChI is InChI=1S/C27H28ClNO4/c1-17-23(26(31)33-14-13-32-18-9-5-4-6-10-18)24(19-11-7-8-12-20(19)28)25-21(29-17)15-27(2,3)16-22(25)30/h4-12,24,29H,13-16H2,1-3H3. The third kappa shape index (κ3) is 4.98. The zero-order chi connectivity index (χ0) is 23.6. The monoisotopic (exact) mass is 465 g/mol. The first-order valence-corrected chi connectivity index (χ1v) is 11.5. The Morgan fingerprint density at radius 1 is 1.06 bits per heavy atom. The molecular weight excluding hydrogens is 438 g/mol. The van der Waals surface area contributed by atoms with E-state index in [0.29, 0.717) is 34.0 Å². The molecule has 1 atom stereocenters. The predicted molar refractivity (Wildman–Crippen MR) is 128 cm³/mol. The average Bonchev–Trinajstić information content (AvgIpc) is 2.76. The molecule has 0 spiro atoms. The highest BCUT2D eigenvalue weighted by Crippen LogP contribution is 2.48. The fourth-order valence-electron chi connectivity index (χ4n) is 4.62. The van der Waals surface area contributed by atoms with Gasteiger partial charge in [0.15, 0.2) is 5.78 Å². The van der Waals surface area contributed by atoms with Crippen LogP contribution in [0.2, 0.25) is 5.02 Å². The molecule has 0 saturated carbocycles. The number of ether oxygens (including phenoxy) is 2. The maximum absolute atomic E-state index is 13.3. The van der Waals surface area contributed by atoms with Crippen LogP contribution >= 0.6 is 11.6 Å². The maximum Gasteiger partial charge on any atom is 0.336 e. The Bertz CT molecular complexity index is 1130. The number of nitrogens with one attached hydrogen (secondary N) is 1.